The van der Waals surface area contributed by atoms with Gasteiger partial charge >= 0.3 is 0 Å². The Bertz CT molecular complexity index is 548. The molecule has 0 aliphatic carbocycles. The predicted molar refractivity (Wildman–Crippen MR) is 82.3 cm³/mol. The summed E-state index contributed by atoms with van der Waals surface area (Å²) >= 11 is 3.64. The van der Waals surface area contributed by atoms with Gasteiger partial charge < -0.3 is 9.88 Å². The van der Waals surface area contributed by atoms with Gasteiger partial charge in [-0.25, -0.2) is 4.98 Å². The molecule has 2 aromatic rings. The van der Waals surface area contributed by atoms with Crippen LogP contribution in [0.2, 0.25) is 0 Å². The normalized spacial score (nSPS) is 12.6. The number of aryl methyl sites for hydroxylation is 2. The van der Waals surface area contributed by atoms with E-state index in [9.17, 15) is 0 Å². The van der Waals surface area contributed by atoms with Gasteiger partial charge in [0.15, 0.2) is 0 Å². The lowest BCUT2D eigenvalue weighted by Crippen LogP contribution is -2.21. The van der Waals surface area contributed by atoms with Crippen molar-refractivity contribution in [1.82, 2.24) is 14.9 Å². The molecule has 0 bridgehead atoms. The fourth-order valence-corrected chi connectivity index (χ4v) is 2.82. The summed E-state index contributed by atoms with van der Waals surface area (Å²) in [4.78, 5) is 4.46. The van der Waals surface area contributed by atoms with Gasteiger partial charge in [0.25, 0.3) is 0 Å². The largest absolute Gasteiger partial charge is 0.335 e. The molecule has 4 heteroatoms. The Hall–Kier alpha value is -1.13. The molecule has 0 radical (unpaired) electrons. The standard InChI is InChI=1S/C15H20BrN3/c1-4-19-8-7-18-15(19)10-14(17-3)12-9-11(2)5-6-13(12)16/h5-9,14,17H,4,10H2,1-3H3. The van der Waals surface area contributed by atoms with Crippen molar-refractivity contribution in [2.45, 2.75) is 32.9 Å². The van der Waals surface area contributed by atoms with Crippen LogP contribution in [0.4, 0.5) is 0 Å². The summed E-state index contributed by atoms with van der Waals surface area (Å²) in [6, 6.07) is 6.72. The van der Waals surface area contributed by atoms with E-state index in [2.05, 4.69) is 62.8 Å². The minimum atomic E-state index is 0.266. The third-order valence-electron chi connectivity index (χ3n) is 3.40. The number of hydrogen-bond acceptors (Lipinski definition) is 2. The second-order valence-corrected chi connectivity index (χ2v) is 5.55. The molecule has 0 aliphatic rings. The topological polar surface area (TPSA) is 29.9 Å². The van der Waals surface area contributed by atoms with Gasteiger partial charge in [-0.2, -0.15) is 0 Å². The predicted octanol–water partition coefficient (Wildman–Crippen LogP) is 3.48. The first kappa shape index (κ1) is 14.3. The SMILES string of the molecule is CCn1ccnc1CC(NC)c1cc(C)ccc1Br. The Labute approximate surface area is 123 Å². The van der Waals surface area contributed by atoms with Gasteiger partial charge in [-0.05, 0) is 32.5 Å². The molecular weight excluding hydrogens is 302 g/mol. The average molecular weight is 322 g/mol. The fourth-order valence-electron chi connectivity index (χ4n) is 2.30. The molecule has 0 saturated carbocycles. The summed E-state index contributed by atoms with van der Waals surface area (Å²) in [5, 5.41) is 3.39. The van der Waals surface area contributed by atoms with Gasteiger partial charge in [-0.3, -0.25) is 0 Å². The van der Waals surface area contributed by atoms with Crippen molar-refractivity contribution in [2.75, 3.05) is 7.05 Å². The number of aromatic nitrogens is 2. The lowest BCUT2D eigenvalue weighted by atomic mass is 10.0. The smallest absolute Gasteiger partial charge is 0.110 e. The summed E-state index contributed by atoms with van der Waals surface area (Å²) in [5.74, 6) is 1.12. The summed E-state index contributed by atoms with van der Waals surface area (Å²) in [6.45, 7) is 5.22. The molecule has 1 atom stereocenters. The Morgan fingerprint density at radius 1 is 1.42 bits per heavy atom. The number of halogens is 1. The zero-order valence-electron chi connectivity index (χ0n) is 11.7. The first-order valence-corrected chi connectivity index (χ1v) is 7.38. The van der Waals surface area contributed by atoms with Gasteiger partial charge in [-0.1, -0.05) is 33.6 Å². The molecule has 1 aromatic heterocycles. The van der Waals surface area contributed by atoms with Gasteiger partial charge in [-0.15, -0.1) is 0 Å². The van der Waals surface area contributed by atoms with Crippen molar-refractivity contribution in [1.29, 1.82) is 0 Å². The number of imidazole rings is 1. The number of hydrogen-bond donors (Lipinski definition) is 1. The van der Waals surface area contributed by atoms with Gasteiger partial charge in [0.2, 0.25) is 0 Å². The summed E-state index contributed by atoms with van der Waals surface area (Å²) in [6.07, 6.45) is 4.80. The van der Waals surface area contributed by atoms with Crippen LogP contribution in [0.1, 0.15) is 29.9 Å². The molecule has 0 aliphatic heterocycles. The van der Waals surface area contributed by atoms with Crippen molar-refractivity contribution < 1.29 is 0 Å². The van der Waals surface area contributed by atoms with Gasteiger partial charge in [0.1, 0.15) is 5.82 Å². The number of benzene rings is 1. The minimum Gasteiger partial charge on any atom is -0.335 e. The van der Waals surface area contributed by atoms with Crippen LogP contribution in [0.15, 0.2) is 35.1 Å². The minimum absolute atomic E-state index is 0.266. The zero-order chi connectivity index (χ0) is 13.8. The molecule has 1 unspecified atom stereocenters. The Kier molecular flexibility index (Phi) is 4.77. The van der Waals surface area contributed by atoms with Crippen LogP contribution >= 0.6 is 15.9 Å². The average Bonchev–Trinajstić information content (AvgIpc) is 2.86. The van der Waals surface area contributed by atoms with E-state index in [4.69, 9.17) is 0 Å². The lowest BCUT2D eigenvalue weighted by molar-refractivity contribution is 0.551. The van der Waals surface area contributed by atoms with E-state index in [0.29, 0.717) is 0 Å². The molecular formula is C15H20BrN3. The summed E-state index contributed by atoms with van der Waals surface area (Å²) < 4.78 is 3.33. The molecule has 0 spiro atoms. The summed E-state index contributed by atoms with van der Waals surface area (Å²) in [5.41, 5.74) is 2.56. The highest BCUT2D eigenvalue weighted by atomic mass is 79.9. The second kappa shape index (κ2) is 6.35. The van der Waals surface area contributed by atoms with Crippen LogP contribution in [-0.4, -0.2) is 16.6 Å². The van der Waals surface area contributed by atoms with E-state index >= 15 is 0 Å². The molecule has 0 saturated heterocycles. The highest BCUT2D eigenvalue weighted by Crippen LogP contribution is 2.26. The highest BCUT2D eigenvalue weighted by molar-refractivity contribution is 9.10. The number of nitrogens with one attached hydrogen (secondary N) is 1. The molecule has 1 aromatic carbocycles. The monoisotopic (exact) mass is 321 g/mol. The first-order chi connectivity index (χ1) is 9.15. The molecule has 1 N–H and O–H groups in total. The zero-order valence-corrected chi connectivity index (χ0v) is 13.2. The van der Waals surface area contributed by atoms with Crippen molar-refractivity contribution >= 4 is 15.9 Å². The number of nitrogens with zero attached hydrogens (tertiary/aromatic N) is 2. The van der Waals surface area contributed by atoms with E-state index in [1.54, 1.807) is 0 Å². The Balaban J connectivity index is 2.27. The van der Waals surface area contributed by atoms with E-state index in [-0.39, 0.29) is 6.04 Å². The number of likely N-dealkylation sites (N-methyl/N-ethyl adjacent to an activating group) is 1. The van der Waals surface area contributed by atoms with Crippen molar-refractivity contribution in [3.63, 3.8) is 0 Å². The maximum Gasteiger partial charge on any atom is 0.110 e. The van der Waals surface area contributed by atoms with Crippen LogP contribution in [0.25, 0.3) is 0 Å². The first-order valence-electron chi connectivity index (χ1n) is 6.59. The van der Waals surface area contributed by atoms with Crippen molar-refractivity contribution in [2.24, 2.45) is 0 Å². The molecule has 2 rings (SSSR count). The third-order valence-corrected chi connectivity index (χ3v) is 4.13. The molecule has 0 fully saturated rings. The molecule has 102 valence electrons. The summed E-state index contributed by atoms with van der Waals surface area (Å²) in [7, 11) is 2.00. The van der Waals surface area contributed by atoms with E-state index < -0.39 is 0 Å². The van der Waals surface area contributed by atoms with Crippen LogP contribution in [0, 0.1) is 6.92 Å². The van der Waals surface area contributed by atoms with Gasteiger partial charge in [0.05, 0.1) is 0 Å². The Morgan fingerprint density at radius 3 is 2.89 bits per heavy atom. The van der Waals surface area contributed by atoms with Crippen molar-refractivity contribution in [3.05, 3.63) is 52.0 Å². The maximum atomic E-state index is 4.46. The Morgan fingerprint density at radius 2 is 2.21 bits per heavy atom. The second-order valence-electron chi connectivity index (χ2n) is 4.70. The fraction of sp³-hybridized carbons (Fsp3) is 0.400. The molecule has 1 heterocycles. The van der Waals surface area contributed by atoms with Crippen LogP contribution in [0.5, 0.6) is 0 Å². The van der Waals surface area contributed by atoms with Crippen molar-refractivity contribution in [3.8, 4) is 0 Å². The van der Waals surface area contributed by atoms with Crippen LogP contribution in [-0.2, 0) is 13.0 Å². The van der Waals surface area contributed by atoms with E-state index in [0.717, 1.165) is 23.3 Å². The highest BCUT2D eigenvalue weighted by Gasteiger charge is 2.16. The number of rotatable bonds is 5. The molecule has 19 heavy (non-hydrogen) atoms. The molecule has 0 amide bonds. The van der Waals surface area contributed by atoms with Gasteiger partial charge in [0, 0.05) is 35.9 Å². The van der Waals surface area contributed by atoms with Crippen LogP contribution < -0.4 is 5.32 Å². The third kappa shape index (κ3) is 3.25. The van der Waals surface area contributed by atoms with E-state index in [1.807, 2.05) is 19.4 Å². The quantitative estimate of drug-likeness (QED) is 0.913. The lowest BCUT2D eigenvalue weighted by Gasteiger charge is -2.19. The van der Waals surface area contributed by atoms with E-state index in [1.165, 1.54) is 11.1 Å². The maximum absolute atomic E-state index is 4.46. The molecule has 3 nitrogen and oxygen atoms in total. The van der Waals surface area contributed by atoms with Crippen LogP contribution in [0.3, 0.4) is 0 Å².